The topological polar surface area (TPSA) is 41.6 Å². The molecule has 0 amide bonds. The summed E-state index contributed by atoms with van der Waals surface area (Å²) in [7, 11) is 0. The van der Waals surface area contributed by atoms with Gasteiger partial charge in [0.15, 0.2) is 0 Å². The molecular formula is C19H31Br2N3. The van der Waals surface area contributed by atoms with Gasteiger partial charge in [-0.05, 0) is 31.6 Å². The molecule has 1 heterocycles. The summed E-state index contributed by atoms with van der Waals surface area (Å²) in [5.74, 6) is 0.773. The Labute approximate surface area is 164 Å². The standard InChI is InChI=1S/C14H22Br2.C5H9N3/c1-12(15)7-4-2-3-5-8-13-9-6-10-14(16)11-13;1-2-3-5-4-6-8-7-5/h6,10-13H,2-5,7-9H2,1H3;4H,2-3H2,1H3,(H,6,7,8). The maximum absolute atomic E-state index is 3.80. The molecule has 0 spiro atoms. The molecule has 1 aromatic rings. The summed E-state index contributed by atoms with van der Waals surface area (Å²) in [5, 5.41) is 10.0. The van der Waals surface area contributed by atoms with Gasteiger partial charge in [0, 0.05) is 15.5 Å². The number of alkyl halides is 1. The van der Waals surface area contributed by atoms with Gasteiger partial charge < -0.3 is 0 Å². The Morgan fingerprint density at radius 2 is 2.08 bits per heavy atom. The van der Waals surface area contributed by atoms with Gasteiger partial charge in [-0.3, -0.25) is 5.10 Å². The third kappa shape index (κ3) is 11.2. The highest BCUT2D eigenvalue weighted by Gasteiger charge is 2.07. The van der Waals surface area contributed by atoms with E-state index in [0.717, 1.165) is 24.5 Å². The molecule has 1 N–H and O–H groups in total. The number of H-pyrrole nitrogens is 1. The molecule has 0 radical (unpaired) electrons. The Balaban J connectivity index is 0.000000300. The normalized spacial score (nSPS) is 17.8. The summed E-state index contributed by atoms with van der Waals surface area (Å²) < 4.78 is 1.26. The number of aromatic amines is 1. The molecule has 0 aliphatic heterocycles. The fourth-order valence-corrected chi connectivity index (χ4v) is 3.58. The van der Waals surface area contributed by atoms with Gasteiger partial charge in [0.2, 0.25) is 0 Å². The largest absolute Gasteiger partial charge is 0.265 e. The smallest absolute Gasteiger partial charge is 0.0824 e. The fourth-order valence-electron chi connectivity index (χ4n) is 2.69. The van der Waals surface area contributed by atoms with Crippen molar-refractivity contribution in [3.8, 4) is 0 Å². The highest BCUT2D eigenvalue weighted by molar-refractivity contribution is 9.11. The number of aryl methyl sites for hydroxylation is 1. The van der Waals surface area contributed by atoms with E-state index < -0.39 is 0 Å². The van der Waals surface area contributed by atoms with Crippen LogP contribution in [0.5, 0.6) is 0 Å². The summed E-state index contributed by atoms with van der Waals surface area (Å²) in [5.41, 5.74) is 1.05. The van der Waals surface area contributed by atoms with E-state index in [1.165, 1.54) is 49.4 Å². The van der Waals surface area contributed by atoms with E-state index in [9.17, 15) is 0 Å². The first-order valence-corrected chi connectivity index (χ1v) is 10.9. The van der Waals surface area contributed by atoms with Crippen molar-refractivity contribution in [1.82, 2.24) is 15.4 Å². The van der Waals surface area contributed by atoms with Crippen molar-refractivity contribution < 1.29 is 0 Å². The molecule has 3 nitrogen and oxygen atoms in total. The van der Waals surface area contributed by atoms with Crippen LogP contribution in [0, 0.1) is 5.92 Å². The monoisotopic (exact) mass is 459 g/mol. The molecule has 2 rings (SSSR count). The van der Waals surface area contributed by atoms with Gasteiger partial charge in [-0.2, -0.15) is 0 Å². The van der Waals surface area contributed by atoms with Crippen LogP contribution in [0.25, 0.3) is 0 Å². The molecular weight excluding hydrogens is 430 g/mol. The molecule has 0 bridgehead atoms. The minimum Gasteiger partial charge on any atom is -0.265 e. The van der Waals surface area contributed by atoms with Gasteiger partial charge in [-0.25, -0.2) is 0 Å². The van der Waals surface area contributed by atoms with Crippen molar-refractivity contribution in [3.05, 3.63) is 34.6 Å². The highest BCUT2D eigenvalue weighted by Crippen LogP contribution is 2.25. The highest BCUT2D eigenvalue weighted by atomic mass is 79.9. The Morgan fingerprint density at radius 3 is 2.71 bits per heavy atom. The third-order valence-corrected chi connectivity index (χ3v) is 5.00. The first-order chi connectivity index (χ1) is 11.6. The molecule has 1 aliphatic carbocycles. The van der Waals surface area contributed by atoms with Crippen LogP contribution in [-0.4, -0.2) is 20.2 Å². The number of halogens is 2. The van der Waals surface area contributed by atoms with Gasteiger partial charge in [0.05, 0.1) is 5.69 Å². The average Bonchev–Trinajstić information content (AvgIpc) is 3.05. The molecule has 5 heteroatoms. The first kappa shape index (κ1) is 21.6. The lowest BCUT2D eigenvalue weighted by Crippen LogP contribution is -1.99. The van der Waals surface area contributed by atoms with Crippen LogP contribution < -0.4 is 0 Å². The Hall–Kier alpha value is -0.420. The summed E-state index contributed by atoms with van der Waals surface area (Å²) in [6, 6.07) is 0. The molecule has 24 heavy (non-hydrogen) atoms. The van der Waals surface area contributed by atoms with Gasteiger partial charge in [0.1, 0.15) is 0 Å². The van der Waals surface area contributed by atoms with Crippen LogP contribution in [0.3, 0.4) is 0 Å². The molecule has 2 atom stereocenters. The number of allylic oxidation sites excluding steroid dienone is 4. The predicted octanol–water partition coefficient (Wildman–Crippen LogP) is 6.72. The molecule has 136 valence electrons. The lowest BCUT2D eigenvalue weighted by Gasteiger charge is -2.14. The van der Waals surface area contributed by atoms with E-state index in [1.807, 2.05) is 6.20 Å². The van der Waals surface area contributed by atoms with E-state index in [4.69, 9.17) is 0 Å². The van der Waals surface area contributed by atoms with Crippen LogP contribution in [-0.2, 0) is 6.42 Å². The van der Waals surface area contributed by atoms with Gasteiger partial charge in [-0.15, -0.1) is 5.10 Å². The number of hydrogen-bond donors (Lipinski definition) is 1. The van der Waals surface area contributed by atoms with Crippen LogP contribution in [0.1, 0.15) is 70.9 Å². The van der Waals surface area contributed by atoms with Crippen molar-refractivity contribution in [1.29, 1.82) is 0 Å². The number of rotatable bonds is 9. The Morgan fingerprint density at radius 1 is 1.29 bits per heavy atom. The summed E-state index contributed by atoms with van der Waals surface area (Å²) in [4.78, 5) is 0.690. The first-order valence-electron chi connectivity index (χ1n) is 9.15. The number of aromatic nitrogens is 3. The maximum Gasteiger partial charge on any atom is 0.0824 e. The zero-order valence-electron chi connectivity index (χ0n) is 15.0. The SMILES string of the molecule is CC(Br)CCCCCCC1C=C(Br)C=CC1.CCCc1c[nH]nn1. The molecule has 1 aromatic heterocycles. The summed E-state index contributed by atoms with van der Waals surface area (Å²) in [6.45, 7) is 4.35. The number of unbranched alkanes of at least 4 members (excludes halogenated alkanes) is 3. The van der Waals surface area contributed by atoms with E-state index >= 15 is 0 Å². The van der Waals surface area contributed by atoms with Crippen LogP contribution in [0.4, 0.5) is 0 Å². The quantitative estimate of drug-likeness (QED) is 0.328. The molecule has 0 aromatic carbocycles. The van der Waals surface area contributed by atoms with Gasteiger partial charge in [0.25, 0.3) is 0 Å². The third-order valence-electron chi connectivity index (χ3n) is 4.01. The van der Waals surface area contributed by atoms with E-state index in [2.05, 4.69) is 79.3 Å². The maximum atomic E-state index is 3.80. The van der Waals surface area contributed by atoms with Crippen molar-refractivity contribution in [2.75, 3.05) is 0 Å². The van der Waals surface area contributed by atoms with Crippen molar-refractivity contribution in [2.45, 2.75) is 76.5 Å². The molecule has 1 aliphatic rings. The number of nitrogens with zero attached hydrogens (tertiary/aromatic N) is 2. The second-order valence-electron chi connectivity index (χ2n) is 6.44. The zero-order valence-corrected chi connectivity index (χ0v) is 18.2. The minimum absolute atomic E-state index is 0.690. The Bertz CT molecular complexity index is 467. The van der Waals surface area contributed by atoms with E-state index in [1.54, 1.807) is 0 Å². The lowest BCUT2D eigenvalue weighted by molar-refractivity contribution is 0.521. The minimum atomic E-state index is 0.690. The molecule has 0 saturated heterocycles. The van der Waals surface area contributed by atoms with Crippen molar-refractivity contribution in [3.63, 3.8) is 0 Å². The summed E-state index contributed by atoms with van der Waals surface area (Å²) in [6.07, 6.45) is 20.2. The van der Waals surface area contributed by atoms with E-state index in [-0.39, 0.29) is 0 Å². The van der Waals surface area contributed by atoms with Crippen LogP contribution in [0.15, 0.2) is 28.9 Å². The second kappa shape index (κ2) is 13.8. The van der Waals surface area contributed by atoms with Gasteiger partial charge in [-0.1, -0.05) is 101 Å². The predicted molar refractivity (Wildman–Crippen MR) is 111 cm³/mol. The molecule has 2 unspecified atom stereocenters. The van der Waals surface area contributed by atoms with E-state index in [0.29, 0.717) is 4.83 Å². The average molecular weight is 461 g/mol. The fraction of sp³-hybridized carbons (Fsp3) is 0.684. The molecule has 0 saturated carbocycles. The molecule has 0 fully saturated rings. The second-order valence-corrected chi connectivity index (χ2v) is 8.92. The van der Waals surface area contributed by atoms with Gasteiger partial charge >= 0.3 is 0 Å². The Kier molecular flexibility index (Phi) is 12.5. The summed E-state index contributed by atoms with van der Waals surface area (Å²) >= 11 is 7.14. The van der Waals surface area contributed by atoms with Crippen molar-refractivity contribution >= 4 is 31.9 Å². The number of nitrogens with one attached hydrogen (secondary N) is 1. The van der Waals surface area contributed by atoms with Crippen molar-refractivity contribution in [2.24, 2.45) is 5.92 Å². The zero-order chi connectivity index (χ0) is 17.6. The van der Waals surface area contributed by atoms with Crippen LogP contribution >= 0.6 is 31.9 Å². The van der Waals surface area contributed by atoms with Crippen LogP contribution in [0.2, 0.25) is 0 Å². The lowest BCUT2D eigenvalue weighted by atomic mass is 9.94. The number of hydrogen-bond acceptors (Lipinski definition) is 2.